The Morgan fingerprint density at radius 1 is 1.17 bits per heavy atom. The summed E-state index contributed by atoms with van der Waals surface area (Å²) in [7, 11) is 0. The van der Waals surface area contributed by atoms with Crippen molar-refractivity contribution in [2.24, 2.45) is 5.92 Å². The van der Waals surface area contributed by atoms with Gasteiger partial charge in [-0.2, -0.15) is 13.2 Å². The highest BCUT2D eigenvalue weighted by atomic mass is 19.4. The predicted molar refractivity (Wildman–Crippen MR) is 82.0 cm³/mol. The van der Waals surface area contributed by atoms with Crippen LogP contribution in [0.15, 0.2) is 24.3 Å². The third-order valence-corrected chi connectivity index (χ3v) is 4.63. The van der Waals surface area contributed by atoms with Crippen LogP contribution in [-0.4, -0.2) is 47.5 Å². The molecule has 1 atom stereocenters. The van der Waals surface area contributed by atoms with E-state index in [1.165, 1.54) is 6.07 Å². The molecule has 6 heteroatoms. The summed E-state index contributed by atoms with van der Waals surface area (Å²) in [6.07, 6.45) is -1.30. The van der Waals surface area contributed by atoms with Crippen molar-refractivity contribution in [3.8, 4) is 0 Å². The van der Waals surface area contributed by atoms with Gasteiger partial charge in [0.25, 0.3) is 0 Å². The van der Waals surface area contributed by atoms with Crippen LogP contribution < -0.4 is 0 Å². The van der Waals surface area contributed by atoms with E-state index in [0.29, 0.717) is 24.3 Å². The maximum atomic E-state index is 13.0. The fourth-order valence-corrected chi connectivity index (χ4v) is 3.33. The molecule has 2 rings (SSSR count). The van der Waals surface area contributed by atoms with E-state index in [0.717, 1.165) is 32.0 Å². The van der Waals surface area contributed by atoms with Gasteiger partial charge in [-0.1, -0.05) is 18.2 Å². The van der Waals surface area contributed by atoms with Crippen LogP contribution >= 0.6 is 0 Å². The lowest BCUT2D eigenvalue weighted by Crippen LogP contribution is -2.46. The molecule has 1 aromatic carbocycles. The van der Waals surface area contributed by atoms with Crippen LogP contribution in [-0.2, 0) is 12.6 Å². The topological polar surface area (TPSA) is 43.7 Å². The summed E-state index contributed by atoms with van der Waals surface area (Å²) in [6, 6.07) is 5.48. The van der Waals surface area contributed by atoms with Gasteiger partial charge in [-0.05, 0) is 49.8 Å². The fraction of sp³-hybridized carbons (Fsp3) is 0.647. The number of piperidine rings is 1. The molecule has 0 aliphatic carbocycles. The van der Waals surface area contributed by atoms with E-state index in [1.54, 1.807) is 12.1 Å². The Labute approximate surface area is 134 Å². The zero-order valence-electron chi connectivity index (χ0n) is 13.1. The molecule has 23 heavy (non-hydrogen) atoms. The van der Waals surface area contributed by atoms with E-state index >= 15 is 0 Å². The lowest BCUT2D eigenvalue weighted by molar-refractivity contribution is -0.138. The molecule has 0 unspecified atom stereocenters. The molecular formula is C17H24F3NO2. The molecule has 0 saturated carbocycles. The second-order valence-electron chi connectivity index (χ2n) is 6.22. The van der Waals surface area contributed by atoms with Gasteiger partial charge >= 0.3 is 6.18 Å². The van der Waals surface area contributed by atoms with Gasteiger partial charge in [0.05, 0.1) is 24.8 Å². The van der Waals surface area contributed by atoms with Crippen molar-refractivity contribution in [3.05, 3.63) is 35.4 Å². The highest BCUT2D eigenvalue weighted by Crippen LogP contribution is 2.33. The maximum Gasteiger partial charge on any atom is 0.416 e. The minimum atomic E-state index is -4.31. The number of rotatable bonds is 6. The molecule has 1 aromatic rings. The first-order valence-electron chi connectivity index (χ1n) is 8.06. The number of aliphatic hydroxyl groups excluding tert-OH is 2. The smallest absolute Gasteiger partial charge is 0.395 e. The van der Waals surface area contributed by atoms with Gasteiger partial charge in [-0.25, -0.2) is 0 Å². The average Bonchev–Trinajstić information content (AvgIpc) is 2.54. The van der Waals surface area contributed by atoms with Crippen molar-refractivity contribution < 1.29 is 23.4 Å². The van der Waals surface area contributed by atoms with E-state index in [1.807, 2.05) is 4.90 Å². The summed E-state index contributed by atoms with van der Waals surface area (Å²) < 4.78 is 39.0. The fourth-order valence-electron chi connectivity index (χ4n) is 3.33. The van der Waals surface area contributed by atoms with E-state index in [9.17, 15) is 23.4 Å². The van der Waals surface area contributed by atoms with E-state index in [-0.39, 0.29) is 19.3 Å². The molecule has 0 aromatic heterocycles. The molecule has 2 N–H and O–H groups in total. The second-order valence-corrected chi connectivity index (χ2v) is 6.22. The van der Waals surface area contributed by atoms with Crippen molar-refractivity contribution >= 4 is 0 Å². The van der Waals surface area contributed by atoms with E-state index in [2.05, 4.69) is 0 Å². The number of nitrogens with zero attached hydrogens (tertiary/aromatic N) is 1. The van der Waals surface area contributed by atoms with Crippen LogP contribution in [0.25, 0.3) is 0 Å². The van der Waals surface area contributed by atoms with Crippen molar-refractivity contribution in [2.45, 2.75) is 37.9 Å². The molecule has 1 aliphatic heterocycles. The minimum Gasteiger partial charge on any atom is -0.395 e. The van der Waals surface area contributed by atoms with Gasteiger partial charge in [-0.15, -0.1) is 0 Å². The first kappa shape index (κ1) is 18.2. The van der Waals surface area contributed by atoms with Gasteiger partial charge in [0.15, 0.2) is 0 Å². The summed E-state index contributed by atoms with van der Waals surface area (Å²) in [5.74, 6) is 0.297. The zero-order chi connectivity index (χ0) is 16.9. The van der Waals surface area contributed by atoms with Crippen LogP contribution in [0.5, 0.6) is 0 Å². The number of benzene rings is 1. The van der Waals surface area contributed by atoms with Gasteiger partial charge < -0.3 is 10.2 Å². The minimum absolute atomic E-state index is 0.0971. The largest absolute Gasteiger partial charge is 0.416 e. The number of hydrogen-bond donors (Lipinski definition) is 2. The monoisotopic (exact) mass is 331 g/mol. The Morgan fingerprint density at radius 3 is 2.52 bits per heavy atom. The van der Waals surface area contributed by atoms with Gasteiger partial charge in [0.1, 0.15) is 0 Å². The van der Waals surface area contributed by atoms with Gasteiger partial charge in [0.2, 0.25) is 0 Å². The third kappa shape index (κ3) is 4.93. The second kappa shape index (κ2) is 8.13. The summed E-state index contributed by atoms with van der Waals surface area (Å²) in [4.78, 5) is 2.05. The first-order valence-corrected chi connectivity index (χ1v) is 8.06. The van der Waals surface area contributed by atoms with Crippen LogP contribution in [0.3, 0.4) is 0 Å². The maximum absolute atomic E-state index is 13.0. The molecule has 3 nitrogen and oxygen atoms in total. The molecule has 0 spiro atoms. The van der Waals surface area contributed by atoms with Crippen LogP contribution in [0.1, 0.15) is 30.4 Å². The Bertz CT molecular complexity index is 489. The summed E-state index contributed by atoms with van der Waals surface area (Å²) in [5.41, 5.74) is -0.200. The van der Waals surface area contributed by atoms with E-state index < -0.39 is 11.7 Å². The molecular weight excluding hydrogens is 307 g/mol. The van der Waals surface area contributed by atoms with Crippen molar-refractivity contribution in [3.63, 3.8) is 0 Å². The van der Waals surface area contributed by atoms with Crippen molar-refractivity contribution in [2.75, 3.05) is 26.3 Å². The zero-order valence-corrected chi connectivity index (χ0v) is 13.1. The molecule has 1 saturated heterocycles. The molecule has 130 valence electrons. The van der Waals surface area contributed by atoms with Gasteiger partial charge in [0, 0.05) is 6.54 Å². The number of halogens is 3. The Hall–Kier alpha value is -1.11. The number of aliphatic hydroxyl groups is 2. The molecule has 1 aliphatic rings. The van der Waals surface area contributed by atoms with Crippen LogP contribution in [0.4, 0.5) is 13.2 Å². The number of likely N-dealkylation sites (tertiary alicyclic amines) is 1. The molecule has 0 radical (unpaired) electrons. The molecule has 0 amide bonds. The Morgan fingerprint density at radius 2 is 1.87 bits per heavy atom. The third-order valence-electron chi connectivity index (χ3n) is 4.63. The summed E-state index contributed by atoms with van der Waals surface area (Å²) >= 11 is 0. The highest BCUT2D eigenvalue weighted by molar-refractivity contribution is 5.29. The number of aryl methyl sites for hydroxylation is 1. The van der Waals surface area contributed by atoms with Crippen molar-refractivity contribution in [1.82, 2.24) is 4.90 Å². The average molecular weight is 331 g/mol. The predicted octanol–water partition coefficient (Wildman–Crippen LogP) is 2.70. The first-order chi connectivity index (χ1) is 11.0. The van der Waals surface area contributed by atoms with Crippen molar-refractivity contribution in [1.29, 1.82) is 0 Å². The molecule has 1 fully saturated rings. The normalized spacial score (nSPS) is 20.2. The lowest BCUT2D eigenvalue weighted by atomic mass is 9.90. The molecule has 1 heterocycles. The summed E-state index contributed by atoms with van der Waals surface area (Å²) in [5, 5.41) is 18.5. The summed E-state index contributed by atoms with van der Waals surface area (Å²) in [6.45, 7) is 1.35. The number of hydrogen-bond acceptors (Lipinski definition) is 3. The highest BCUT2D eigenvalue weighted by Gasteiger charge is 2.33. The Balaban J connectivity index is 1.96. The quantitative estimate of drug-likeness (QED) is 0.842. The standard InChI is InChI=1S/C17H24F3NO2/c18-17(19,20)16-6-2-1-5-14(16)8-7-13-4-3-9-21(10-13)15(11-22)12-23/h1-2,5-6,13,15,22-23H,3-4,7-12H2/t13-/m0/s1. The van der Waals surface area contributed by atoms with E-state index in [4.69, 9.17) is 0 Å². The van der Waals surface area contributed by atoms with Crippen LogP contribution in [0.2, 0.25) is 0 Å². The van der Waals surface area contributed by atoms with Crippen LogP contribution in [0, 0.1) is 5.92 Å². The lowest BCUT2D eigenvalue weighted by Gasteiger charge is -2.37. The Kier molecular flexibility index (Phi) is 6.44. The number of alkyl halides is 3. The van der Waals surface area contributed by atoms with Gasteiger partial charge in [-0.3, -0.25) is 4.90 Å². The SMILES string of the molecule is OCC(CO)N1CCC[C@@H](CCc2ccccc2C(F)(F)F)C1. The molecule has 0 bridgehead atoms.